The average Bonchev–Trinajstić information content (AvgIpc) is 2.91. The molecule has 2 atom stereocenters. The summed E-state index contributed by atoms with van der Waals surface area (Å²) in [7, 11) is 1.65. The van der Waals surface area contributed by atoms with Gasteiger partial charge in [0.1, 0.15) is 0 Å². The molecule has 0 spiro atoms. The monoisotopic (exact) mass is 320 g/mol. The van der Waals surface area contributed by atoms with Crippen molar-refractivity contribution in [3.63, 3.8) is 0 Å². The predicted octanol–water partition coefficient (Wildman–Crippen LogP) is 4.01. The van der Waals surface area contributed by atoms with Crippen LogP contribution in [0.1, 0.15) is 30.6 Å². The quantitative estimate of drug-likeness (QED) is 0.896. The smallest absolute Gasteiger partial charge is 0.335 e. The topological polar surface area (TPSA) is 32.3 Å². The van der Waals surface area contributed by atoms with Crippen LogP contribution in [0.2, 0.25) is 0 Å². The van der Waals surface area contributed by atoms with Crippen LogP contribution in [0.5, 0.6) is 0 Å². The molecule has 2 rings (SSSR count). The van der Waals surface area contributed by atoms with Gasteiger partial charge in [-0.15, -0.1) is 11.3 Å². The van der Waals surface area contributed by atoms with Gasteiger partial charge in [0.25, 0.3) is 0 Å². The zero-order valence-corrected chi connectivity index (χ0v) is 12.6. The van der Waals surface area contributed by atoms with Crippen LogP contribution in [-0.2, 0) is 6.54 Å². The van der Waals surface area contributed by atoms with Gasteiger partial charge in [-0.3, -0.25) is 0 Å². The minimum absolute atomic E-state index is 0.0118. The van der Waals surface area contributed by atoms with E-state index in [1.807, 2.05) is 17.5 Å². The predicted molar refractivity (Wildman–Crippen MR) is 76.1 cm³/mol. The van der Waals surface area contributed by atoms with Crippen LogP contribution in [0.15, 0.2) is 17.5 Å². The van der Waals surface area contributed by atoms with Crippen molar-refractivity contribution in [2.45, 2.75) is 44.4 Å². The standard InChI is InChI=1S/C14H19F3N2OS/c1-19(9-12-6-3-7-21-12)13(20)18-11-5-2-4-10(8-11)14(15,16)17/h3,6-7,10-11H,2,4-5,8-9H2,1H3,(H,18,20). The van der Waals surface area contributed by atoms with Gasteiger partial charge in [0.2, 0.25) is 0 Å². The first-order valence-corrected chi connectivity index (χ1v) is 7.85. The number of nitrogens with zero attached hydrogens (tertiary/aromatic N) is 1. The second-order valence-electron chi connectivity index (χ2n) is 5.49. The van der Waals surface area contributed by atoms with Gasteiger partial charge in [-0.05, 0) is 30.7 Å². The van der Waals surface area contributed by atoms with E-state index in [1.54, 1.807) is 18.4 Å². The lowest BCUT2D eigenvalue weighted by Crippen LogP contribution is -2.46. The van der Waals surface area contributed by atoms with Crippen LogP contribution in [0, 0.1) is 5.92 Å². The molecule has 118 valence electrons. The number of thiophene rings is 1. The van der Waals surface area contributed by atoms with E-state index in [4.69, 9.17) is 0 Å². The third kappa shape index (κ3) is 4.62. The Bertz CT molecular complexity index is 461. The van der Waals surface area contributed by atoms with Crippen molar-refractivity contribution in [2.24, 2.45) is 5.92 Å². The molecule has 0 radical (unpaired) electrons. The van der Waals surface area contributed by atoms with Crippen LogP contribution in [0.4, 0.5) is 18.0 Å². The molecule has 2 amide bonds. The van der Waals surface area contributed by atoms with Crippen molar-refractivity contribution in [1.82, 2.24) is 10.2 Å². The van der Waals surface area contributed by atoms with E-state index >= 15 is 0 Å². The summed E-state index contributed by atoms with van der Waals surface area (Å²) in [5, 5.41) is 4.65. The van der Waals surface area contributed by atoms with Gasteiger partial charge >= 0.3 is 12.2 Å². The normalized spacial score (nSPS) is 22.9. The first kappa shape index (κ1) is 16.1. The fourth-order valence-electron chi connectivity index (χ4n) is 2.61. The van der Waals surface area contributed by atoms with E-state index in [9.17, 15) is 18.0 Å². The molecule has 7 heteroatoms. The third-order valence-electron chi connectivity index (χ3n) is 3.78. The molecule has 1 heterocycles. The minimum Gasteiger partial charge on any atom is -0.335 e. The maximum atomic E-state index is 12.7. The molecule has 1 aromatic rings. The van der Waals surface area contributed by atoms with Crippen molar-refractivity contribution in [3.05, 3.63) is 22.4 Å². The molecule has 1 fully saturated rings. The summed E-state index contributed by atoms with van der Waals surface area (Å²) in [6.45, 7) is 0.471. The van der Waals surface area contributed by atoms with Gasteiger partial charge in [-0.25, -0.2) is 4.79 Å². The number of amides is 2. The minimum atomic E-state index is -4.16. The lowest BCUT2D eigenvalue weighted by molar-refractivity contribution is -0.183. The average molecular weight is 320 g/mol. The lowest BCUT2D eigenvalue weighted by Gasteiger charge is -2.32. The molecule has 1 aromatic heterocycles. The number of alkyl halides is 3. The zero-order valence-electron chi connectivity index (χ0n) is 11.8. The maximum Gasteiger partial charge on any atom is 0.391 e. The van der Waals surface area contributed by atoms with Gasteiger partial charge in [0.15, 0.2) is 0 Å². The number of urea groups is 1. The molecule has 0 aromatic carbocycles. The maximum absolute atomic E-state index is 12.7. The molecule has 3 nitrogen and oxygen atoms in total. The number of nitrogens with one attached hydrogen (secondary N) is 1. The molecular weight excluding hydrogens is 301 g/mol. The van der Waals surface area contributed by atoms with Gasteiger partial charge in [-0.2, -0.15) is 13.2 Å². The Morgan fingerprint density at radius 3 is 2.86 bits per heavy atom. The lowest BCUT2D eigenvalue weighted by atomic mass is 9.85. The molecule has 1 saturated carbocycles. The first-order chi connectivity index (χ1) is 9.86. The summed E-state index contributed by atoms with van der Waals surface area (Å²) in [5.74, 6) is -1.29. The van der Waals surface area contributed by atoms with Crippen molar-refractivity contribution in [3.8, 4) is 0 Å². The highest BCUT2D eigenvalue weighted by Crippen LogP contribution is 2.37. The van der Waals surface area contributed by atoms with Crippen LogP contribution >= 0.6 is 11.3 Å². The summed E-state index contributed by atoms with van der Waals surface area (Å²) >= 11 is 1.55. The van der Waals surface area contributed by atoms with E-state index in [1.165, 1.54) is 4.90 Å². The van der Waals surface area contributed by atoms with Crippen molar-refractivity contribution in [2.75, 3.05) is 7.05 Å². The number of carbonyl (C=O) groups is 1. The van der Waals surface area contributed by atoms with Gasteiger partial charge in [0, 0.05) is 18.0 Å². The molecule has 1 aliphatic carbocycles. The van der Waals surface area contributed by atoms with Gasteiger partial charge in [-0.1, -0.05) is 12.5 Å². The first-order valence-electron chi connectivity index (χ1n) is 6.97. The van der Waals surface area contributed by atoms with E-state index in [2.05, 4.69) is 5.32 Å². The van der Waals surface area contributed by atoms with Crippen LogP contribution in [0.3, 0.4) is 0 Å². The van der Waals surface area contributed by atoms with E-state index in [-0.39, 0.29) is 24.9 Å². The zero-order chi connectivity index (χ0) is 15.5. The Labute approximate surface area is 126 Å². The number of carbonyl (C=O) groups excluding carboxylic acids is 1. The highest BCUT2D eigenvalue weighted by molar-refractivity contribution is 7.09. The number of rotatable bonds is 3. The summed E-state index contributed by atoms with van der Waals surface area (Å²) in [4.78, 5) is 14.6. The van der Waals surface area contributed by atoms with Gasteiger partial charge in [0.05, 0.1) is 12.5 Å². The molecule has 0 bridgehead atoms. The summed E-state index contributed by atoms with van der Waals surface area (Å²) < 4.78 is 38.2. The van der Waals surface area contributed by atoms with Crippen LogP contribution in [0.25, 0.3) is 0 Å². The molecule has 1 aliphatic rings. The SMILES string of the molecule is CN(Cc1cccs1)C(=O)NC1CCCC(C(F)(F)F)C1. The Morgan fingerprint density at radius 1 is 1.48 bits per heavy atom. The molecule has 2 unspecified atom stereocenters. The largest absolute Gasteiger partial charge is 0.391 e. The van der Waals surface area contributed by atoms with Crippen molar-refractivity contribution in [1.29, 1.82) is 0 Å². The number of halogens is 3. The highest BCUT2D eigenvalue weighted by atomic mass is 32.1. The van der Waals surface area contributed by atoms with E-state index in [0.717, 1.165) is 4.88 Å². The molecular formula is C14H19F3N2OS. The summed E-state index contributed by atoms with van der Waals surface area (Å²) in [6.07, 6.45) is -2.88. The second-order valence-corrected chi connectivity index (χ2v) is 6.52. The molecule has 0 aliphatic heterocycles. The van der Waals surface area contributed by atoms with E-state index < -0.39 is 12.1 Å². The number of hydrogen-bond donors (Lipinski definition) is 1. The second kappa shape index (κ2) is 6.68. The van der Waals surface area contributed by atoms with E-state index in [0.29, 0.717) is 19.4 Å². The van der Waals surface area contributed by atoms with Crippen LogP contribution < -0.4 is 5.32 Å². The Morgan fingerprint density at radius 2 is 2.24 bits per heavy atom. The Hall–Kier alpha value is -1.24. The van der Waals surface area contributed by atoms with Gasteiger partial charge < -0.3 is 10.2 Å². The number of hydrogen-bond acceptors (Lipinski definition) is 2. The fraction of sp³-hybridized carbons (Fsp3) is 0.643. The van der Waals surface area contributed by atoms with Crippen LogP contribution in [-0.4, -0.2) is 30.2 Å². The summed E-state index contributed by atoms with van der Waals surface area (Å²) in [6, 6.07) is 3.13. The fourth-order valence-corrected chi connectivity index (χ4v) is 3.37. The third-order valence-corrected chi connectivity index (χ3v) is 4.65. The summed E-state index contributed by atoms with van der Waals surface area (Å²) in [5.41, 5.74) is 0. The molecule has 0 saturated heterocycles. The highest BCUT2D eigenvalue weighted by Gasteiger charge is 2.42. The van der Waals surface area contributed by atoms with Crippen molar-refractivity contribution < 1.29 is 18.0 Å². The van der Waals surface area contributed by atoms with Crippen molar-refractivity contribution >= 4 is 17.4 Å². The molecule has 21 heavy (non-hydrogen) atoms. The Kier molecular flexibility index (Phi) is 5.13. The Balaban J connectivity index is 1.84. The molecule has 1 N–H and O–H groups in total.